The lowest BCUT2D eigenvalue weighted by Gasteiger charge is -2.03. The van der Waals surface area contributed by atoms with Crippen molar-refractivity contribution in [3.63, 3.8) is 0 Å². The molecule has 0 unspecified atom stereocenters. The van der Waals surface area contributed by atoms with Gasteiger partial charge < -0.3 is 19.0 Å². The van der Waals surface area contributed by atoms with Crippen molar-refractivity contribution >= 4 is 11.9 Å². The SMILES string of the molecule is COC(=O)c1ccc(COC(=O)c2ccc(O)cc2)o1. The van der Waals surface area contributed by atoms with Crippen molar-refractivity contribution in [1.29, 1.82) is 0 Å². The molecule has 104 valence electrons. The van der Waals surface area contributed by atoms with Gasteiger partial charge in [-0.05, 0) is 36.4 Å². The predicted octanol–water partition coefficient (Wildman–Crippen LogP) is 2.13. The fraction of sp³-hybridized carbons (Fsp3) is 0.143. The number of aromatic hydroxyl groups is 1. The van der Waals surface area contributed by atoms with Gasteiger partial charge in [0.05, 0.1) is 12.7 Å². The first-order valence-electron chi connectivity index (χ1n) is 5.73. The number of carbonyl (C=O) groups excluding carboxylic acids is 2. The van der Waals surface area contributed by atoms with Gasteiger partial charge in [0.1, 0.15) is 18.1 Å². The molecule has 0 fully saturated rings. The molecule has 0 aliphatic rings. The van der Waals surface area contributed by atoms with Gasteiger partial charge in [-0.3, -0.25) is 0 Å². The second-order valence-electron chi connectivity index (χ2n) is 3.88. The second kappa shape index (κ2) is 5.92. The molecule has 1 aromatic carbocycles. The third kappa shape index (κ3) is 3.17. The zero-order valence-electron chi connectivity index (χ0n) is 10.7. The van der Waals surface area contributed by atoms with Gasteiger partial charge in [0, 0.05) is 0 Å². The van der Waals surface area contributed by atoms with Gasteiger partial charge in [0.2, 0.25) is 5.76 Å². The first-order valence-corrected chi connectivity index (χ1v) is 5.73. The maximum absolute atomic E-state index is 11.7. The number of ether oxygens (including phenoxy) is 2. The van der Waals surface area contributed by atoms with Crippen LogP contribution in [-0.2, 0) is 16.1 Å². The van der Waals surface area contributed by atoms with Crippen LogP contribution < -0.4 is 0 Å². The van der Waals surface area contributed by atoms with Crippen LogP contribution in [0.3, 0.4) is 0 Å². The highest BCUT2D eigenvalue weighted by atomic mass is 16.5. The topological polar surface area (TPSA) is 86.0 Å². The average molecular weight is 276 g/mol. The summed E-state index contributed by atoms with van der Waals surface area (Å²) >= 11 is 0. The van der Waals surface area contributed by atoms with Crippen molar-refractivity contribution in [2.45, 2.75) is 6.61 Å². The number of esters is 2. The van der Waals surface area contributed by atoms with Crippen LogP contribution in [0.5, 0.6) is 5.75 Å². The van der Waals surface area contributed by atoms with Crippen LogP contribution in [0.4, 0.5) is 0 Å². The van der Waals surface area contributed by atoms with E-state index in [1.54, 1.807) is 0 Å². The summed E-state index contributed by atoms with van der Waals surface area (Å²) in [5.74, 6) is -0.710. The fourth-order valence-electron chi connectivity index (χ4n) is 1.48. The third-order valence-corrected chi connectivity index (χ3v) is 2.50. The molecule has 1 N–H and O–H groups in total. The molecule has 1 heterocycles. The number of carbonyl (C=O) groups is 2. The fourth-order valence-corrected chi connectivity index (χ4v) is 1.48. The van der Waals surface area contributed by atoms with E-state index in [4.69, 9.17) is 14.3 Å². The number of furan rings is 1. The molecule has 0 bridgehead atoms. The van der Waals surface area contributed by atoms with Gasteiger partial charge in [0.25, 0.3) is 0 Å². The van der Waals surface area contributed by atoms with Gasteiger partial charge >= 0.3 is 11.9 Å². The lowest BCUT2D eigenvalue weighted by molar-refractivity contribution is 0.0438. The smallest absolute Gasteiger partial charge is 0.373 e. The van der Waals surface area contributed by atoms with Gasteiger partial charge in [-0.2, -0.15) is 0 Å². The Hall–Kier alpha value is -2.76. The van der Waals surface area contributed by atoms with E-state index < -0.39 is 11.9 Å². The van der Waals surface area contributed by atoms with Crippen molar-refractivity contribution in [2.24, 2.45) is 0 Å². The highest BCUT2D eigenvalue weighted by molar-refractivity contribution is 5.89. The molecule has 6 nitrogen and oxygen atoms in total. The summed E-state index contributed by atoms with van der Waals surface area (Å²) in [5.41, 5.74) is 0.308. The maximum atomic E-state index is 11.7. The van der Waals surface area contributed by atoms with Crippen LogP contribution in [0.2, 0.25) is 0 Å². The molecule has 2 aromatic rings. The summed E-state index contributed by atoms with van der Waals surface area (Å²) < 4.78 is 14.7. The van der Waals surface area contributed by atoms with Crippen LogP contribution in [0.15, 0.2) is 40.8 Å². The lowest BCUT2D eigenvalue weighted by Crippen LogP contribution is -2.04. The number of rotatable bonds is 4. The molecular weight excluding hydrogens is 264 g/mol. The minimum absolute atomic E-state index is 0.0446. The molecule has 0 spiro atoms. The number of phenolic OH excluding ortho intramolecular Hbond substituents is 1. The van der Waals surface area contributed by atoms with Crippen molar-refractivity contribution in [3.8, 4) is 5.75 Å². The highest BCUT2D eigenvalue weighted by Crippen LogP contribution is 2.13. The Kier molecular flexibility index (Phi) is 4.05. The second-order valence-corrected chi connectivity index (χ2v) is 3.88. The summed E-state index contributed by atoms with van der Waals surface area (Å²) in [6.45, 7) is -0.100. The molecule has 0 saturated carbocycles. The van der Waals surface area contributed by atoms with E-state index in [0.29, 0.717) is 11.3 Å². The van der Waals surface area contributed by atoms with E-state index >= 15 is 0 Å². The number of benzene rings is 1. The van der Waals surface area contributed by atoms with Gasteiger partial charge in [-0.15, -0.1) is 0 Å². The van der Waals surface area contributed by atoms with E-state index in [1.807, 2.05) is 0 Å². The van der Waals surface area contributed by atoms with Gasteiger partial charge in [-0.1, -0.05) is 0 Å². The first-order chi connectivity index (χ1) is 9.60. The Morgan fingerprint density at radius 3 is 2.45 bits per heavy atom. The van der Waals surface area contributed by atoms with Crippen molar-refractivity contribution in [2.75, 3.05) is 7.11 Å². The summed E-state index contributed by atoms with van der Waals surface area (Å²) in [4.78, 5) is 22.9. The molecule has 6 heteroatoms. The minimum Gasteiger partial charge on any atom is -0.508 e. The lowest BCUT2D eigenvalue weighted by atomic mass is 10.2. The molecule has 0 amide bonds. The zero-order chi connectivity index (χ0) is 14.5. The van der Waals surface area contributed by atoms with E-state index in [2.05, 4.69) is 4.74 Å². The number of hydrogen-bond acceptors (Lipinski definition) is 6. The first kappa shape index (κ1) is 13.7. The molecule has 0 atom stereocenters. The number of phenols is 1. The van der Waals surface area contributed by atoms with E-state index in [0.717, 1.165) is 0 Å². The summed E-state index contributed by atoms with van der Waals surface area (Å²) in [6.07, 6.45) is 0. The van der Waals surface area contributed by atoms with Crippen LogP contribution >= 0.6 is 0 Å². The molecule has 0 aliphatic carbocycles. The average Bonchev–Trinajstić information content (AvgIpc) is 2.93. The normalized spacial score (nSPS) is 10.1. The Balaban J connectivity index is 1.95. The van der Waals surface area contributed by atoms with Crippen LogP contribution in [0, 0.1) is 0 Å². The third-order valence-electron chi connectivity index (χ3n) is 2.50. The summed E-state index contributed by atoms with van der Waals surface area (Å²) in [7, 11) is 1.25. The predicted molar refractivity (Wildman–Crippen MR) is 67.3 cm³/mol. The molecule has 2 rings (SSSR count). The maximum Gasteiger partial charge on any atom is 0.373 e. The molecular formula is C14H12O6. The van der Waals surface area contributed by atoms with E-state index in [1.165, 1.54) is 43.5 Å². The van der Waals surface area contributed by atoms with Crippen LogP contribution in [0.1, 0.15) is 26.7 Å². The minimum atomic E-state index is -0.596. The number of methoxy groups -OCH3 is 1. The highest BCUT2D eigenvalue weighted by Gasteiger charge is 2.13. The van der Waals surface area contributed by atoms with Crippen LogP contribution in [0.25, 0.3) is 0 Å². The van der Waals surface area contributed by atoms with E-state index in [-0.39, 0.29) is 18.1 Å². The Morgan fingerprint density at radius 1 is 1.10 bits per heavy atom. The Bertz CT molecular complexity index is 611. The van der Waals surface area contributed by atoms with Crippen molar-refractivity contribution < 1.29 is 28.6 Å². The summed E-state index contributed by atoms with van der Waals surface area (Å²) in [6, 6.07) is 8.63. The van der Waals surface area contributed by atoms with Crippen LogP contribution in [-0.4, -0.2) is 24.2 Å². The number of hydrogen-bond donors (Lipinski definition) is 1. The van der Waals surface area contributed by atoms with E-state index in [9.17, 15) is 9.59 Å². The standard InChI is InChI=1S/C14H12O6/c1-18-14(17)12-7-6-11(20-12)8-19-13(16)9-2-4-10(15)5-3-9/h2-7,15H,8H2,1H3. The zero-order valence-corrected chi connectivity index (χ0v) is 10.7. The largest absolute Gasteiger partial charge is 0.508 e. The van der Waals surface area contributed by atoms with Crippen molar-refractivity contribution in [3.05, 3.63) is 53.5 Å². The monoisotopic (exact) mass is 276 g/mol. The summed E-state index contributed by atoms with van der Waals surface area (Å²) in [5, 5.41) is 9.11. The molecule has 20 heavy (non-hydrogen) atoms. The van der Waals surface area contributed by atoms with Gasteiger partial charge in [0.15, 0.2) is 0 Å². The molecule has 0 saturated heterocycles. The Morgan fingerprint density at radius 2 is 1.80 bits per heavy atom. The Labute approximate surface area is 114 Å². The van der Waals surface area contributed by atoms with Gasteiger partial charge in [-0.25, -0.2) is 9.59 Å². The molecule has 0 aliphatic heterocycles. The van der Waals surface area contributed by atoms with Crippen molar-refractivity contribution in [1.82, 2.24) is 0 Å². The molecule has 1 aromatic heterocycles. The molecule has 0 radical (unpaired) electrons. The quantitative estimate of drug-likeness (QED) is 0.861.